The van der Waals surface area contributed by atoms with Crippen LogP contribution in [0, 0.1) is 0 Å². The third-order valence-electron chi connectivity index (χ3n) is 4.70. The van der Waals surface area contributed by atoms with Gasteiger partial charge in [0, 0.05) is 22.9 Å². The fourth-order valence-corrected chi connectivity index (χ4v) is 4.88. The molecule has 6 heteroatoms. The summed E-state index contributed by atoms with van der Waals surface area (Å²) in [6, 6.07) is 20.9. The molecule has 5 rings (SSSR count). The average molecular weight is 393 g/mol. The van der Waals surface area contributed by atoms with Gasteiger partial charge in [-0.05, 0) is 29.3 Å². The maximum atomic E-state index is 6.18. The summed E-state index contributed by atoms with van der Waals surface area (Å²) < 4.78 is 1.96. The molecule has 1 aliphatic heterocycles. The lowest BCUT2D eigenvalue weighted by Gasteiger charge is -2.28. The SMILES string of the molecule is Clc1cccc(CN2Cn3ncnc3-c3cc(Cc4ccccc4)sc32)c1. The number of halogens is 1. The lowest BCUT2D eigenvalue weighted by atomic mass is 10.1. The van der Waals surface area contributed by atoms with E-state index in [1.54, 1.807) is 6.33 Å². The first-order valence-electron chi connectivity index (χ1n) is 8.80. The second kappa shape index (κ2) is 6.83. The Kier molecular flexibility index (Phi) is 4.19. The monoisotopic (exact) mass is 392 g/mol. The number of anilines is 1. The van der Waals surface area contributed by atoms with Crippen LogP contribution in [0.2, 0.25) is 5.02 Å². The van der Waals surface area contributed by atoms with Crippen LogP contribution in [0.15, 0.2) is 67.0 Å². The van der Waals surface area contributed by atoms with Crippen LogP contribution in [-0.4, -0.2) is 14.8 Å². The number of hydrogen-bond donors (Lipinski definition) is 0. The van der Waals surface area contributed by atoms with Crippen LogP contribution in [0.25, 0.3) is 11.4 Å². The number of benzene rings is 2. The maximum Gasteiger partial charge on any atom is 0.162 e. The van der Waals surface area contributed by atoms with E-state index in [1.165, 1.54) is 21.0 Å². The van der Waals surface area contributed by atoms with Crippen LogP contribution in [0.1, 0.15) is 16.0 Å². The number of fused-ring (bicyclic) bond motifs is 3. The number of hydrogen-bond acceptors (Lipinski definition) is 4. The van der Waals surface area contributed by atoms with Gasteiger partial charge in [0.15, 0.2) is 5.82 Å². The lowest BCUT2D eigenvalue weighted by Crippen LogP contribution is -2.29. The Morgan fingerprint density at radius 2 is 1.85 bits per heavy atom. The summed E-state index contributed by atoms with van der Waals surface area (Å²) in [6.07, 6.45) is 2.56. The molecule has 0 saturated carbocycles. The van der Waals surface area contributed by atoms with Gasteiger partial charge in [0.05, 0.1) is 5.56 Å². The molecule has 134 valence electrons. The van der Waals surface area contributed by atoms with E-state index in [4.69, 9.17) is 11.6 Å². The Morgan fingerprint density at radius 1 is 1.00 bits per heavy atom. The molecule has 0 amide bonds. The van der Waals surface area contributed by atoms with Crippen LogP contribution in [0.3, 0.4) is 0 Å². The molecular weight excluding hydrogens is 376 g/mol. The predicted octanol–water partition coefficient (Wildman–Crippen LogP) is 5.23. The number of rotatable bonds is 4. The highest BCUT2D eigenvalue weighted by Crippen LogP contribution is 2.42. The second-order valence-electron chi connectivity index (χ2n) is 6.65. The highest BCUT2D eigenvalue weighted by Gasteiger charge is 2.26. The molecule has 4 nitrogen and oxygen atoms in total. The highest BCUT2D eigenvalue weighted by molar-refractivity contribution is 7.16. The van der Waals surface area contributed by atoms with E-state index >= 15 is 0 Å². The number of nitrogens with zero attached hydrogens (tertiary/aromatic N) is 4. The first kappa shape index (κ1) is 16.5. The van der Waals surface area contributed by atoms with E-state index in [-0.39, 0.29) is 0 Å². The van der Waals surface area contributed by atoms with Gasteiger partial charge in [-0.25, -0.2) is 9.67 Å². The molecule has 0 N–H and O–H groups in total. The normalized spacial score (nSPS) is 12.7. The first-order valence-corrected chi connectivity index (χ1v) is 10.00. The van der Waals surface area contributed by atoms with Crippen LogP contribution in [-0.2, 0) is 19.6 Å². The summed E-state index contributed by atoms with van der Waals surface area (Å²) in [5, 5.41) is 6.42. The Balaban J connectivity index is 1.51. The number of aromatic nitrogens is 3. The minimum absolute atomic E-state index is 0.695. The van der Waals surface area contributed by atoms with Crippen molar-refractivity contribution in [2.24, 2.45) is 0 Å². The summed E-state index contributed by atoms with van der Waals surface area (Å²) in [5.74, 6) is 0.947. The fraction of sp³-hybridized carbons (Fsp3) is 0.143. The van der Waals surface area contributed by atoms with Crippen molar-refractivity contribution in [3.63, 3.8) is 0 Å². The van der Waals surface area contributed by atoms with Crippen molar-refractivity contribution in [2.45, 2.75) is 19.6 Å². The second-order valence-corrected chi connectivity index (χ2v) is 8.20. The van der Waals surface area contributed by atoms with E-state index in [2.05, 4.69) is 57.4 Å². The Morgan fingerprint density at radius 3 is 2.70 bits per heavy atom. The summed E-state index contributed by atoms with van der Waals surface area (Å²) >= 11 is 8.02. The first-order chi connectivity index (χ1) is 13.3. The van der Waals surface area contributed by atoms with Crippen molar-refractivity contribution < 1.29 is 0 Å². The molecular formula is C21H17ClN4S. The van der Waals surface area contributed by atoms with Crippen molar-refractivity contribution in [1.29, 1.82) is 0 Å². The average Bonchev–Trinajstić information content (AvgIpc) is 3.29. The topological polar surface area (TPSA) is 34.0 Å². The predicted molar refractivity (Wildman–Crippen MR) is 110 cm³/mol. The Labute approximate surface area is 166 Å². The summed E-state index contributed by atoms with van der Waals surface area (Å²) in [4.78, 5) is 8.17. The minimum Gasteiger partial charge on any atom is -0.339 e. The summed E-state index contributed by atoms with van der Waals surface area (Å²) in [7, 11) is 0. The van der Waals surface area contributed by atoms with Crippen LogP contribution in [0.5, 0.6) is 0 Å². The van der Waals surface area contributed by atoms with Gasteiger partial charge in [0.25, 0.3) is 0 Å². The van der Waals surface area contributed by atoms with Gasteiger partial charge in [-0.1, -0.05) is 54.1 Å². The van der Waals surface area contributed by atoms with Crippen molar-refractivity contribution >= 4 is 27.9 Å². The molecule has 2 aromatic carbocycles. The molecule has 4 aromatic rings. The molecule has 0 atom stereocenters. The van der Waals surface area contributed by atoms with E-state index in [0.29, 0.717) is 6.67 Å². The fourth-order valence-electron chi connectivity index (χ4n) is 3.49. The lowest BCUT2D eigenvalue weighted by molar-refractivity contribution is 0.572. The molecule has 3 heterocycles. The van der Waals surface area contributed by atoms with Crippen molar-refractivity contribution in [3.8, 4) is 11.4 Å². The van der Waals surface area contributed by atoms with Gasteiger partial charge >= 0.3 is 0 Å². The van der Waals surface area contributed by atoms with E-state index in [0.717, 1.165) is 29.4 Å². The van der Waals surface area contributed by atoms with Gasteiger partial charge in [0.2, 0.25) is 0 Å². The molecule has 0 bridgehead atoms. The maximum absolute atomic E-state index is 6.18. The van der Waals surface area contributed by atoms with Gasteiger partial charge in [-0.15, -0.1) is 11.3 Å². The highest BCUT2D eigenvalue weighted by atomic mass is 35.5. The molecule has 0 fully saturated rings. The van der Waals surface area contributed by atoms with Gasteiger partial charge in [0.1, 0.15) is 18.0 Å². The van der Waals surface area contributed by atoms with Crippen LogP contribution in [0.4, 0.5) is 5.00 Å². The molecule has 2 aromatic heterocycles. The third-order valence-corrected chi connectivity index (χ3v) is 6.13. The van der Waals surface area contributed by atoms with Crippen LogP contribution >= 0.6 is 22.9 Å². The van der Waals surface area contributed by atoms with Gasteiger partial charge in [-0.3, -0.25) is 0 Å². The van der Waals surface area contributed by atoms with Crippen LogP contribution < -0.4 is 4.90 Å². The quantitative estimate of drug-likeness (QED) is 0.477. The van der Waals surface area contributed by atoms with E-state index in [9.17, 15) is 0 Å². The number of thiophene rings is 1. The molecule has 0 radical (unpaired) electrons. The minimum atomic E-state index is 0.695. The zero-order chi connectivity index (χ0) is 18.2. The van der Waals surface area contributed by atoms with Gasteiger partial charge < -0.3 is 4.90 Å². The van der Waals surface area contributed by atoms with E-state index in [1.807, 2.05) is 34.2 Å². The molecule has 0 saturated heterocycles. The standard InChI is InChI=1S/C21H17ClN4S/c22-17-8-4-7-16(9-17)12-25-14-26-20(23-13-24-26)19-11-18(27-21(19)25)10-15-5-2-1-3-6-15/h1-9,11,13H,10,12,14H2. The molecule has 0 unspecified atom stereocenters. The zero-order valence-electron chi connectivity index (χ0n) is 14.5. The molecule has 1 aliphatic rings. The summed E-state index contributed by atoms with van der Waals surface area (Å²) in [6.45, 7) is 1.48. The van der Waals surface area contributed by atoms with Gasteiger partial charge in [-0.2, -0.15) is 5.10 Å². The van der Waals surface area contributed by atoms with Crippen molar-refractivity contribution in [2.75, 3.05) is 4.90 Å². The van der Waals surface area contributed by atoms with Crippen molar-refractivity contribution in [1.82, 2.24) is 14.8 Å². The molecule has 0 spiro atoms. The Bertz CT molecular complexity index is 1090. The van der Waals surface area contributed by atoms with Crippen molar-refractivity contribution in [3.05, 3.63) is 88.0 Å². The Hall–Kier alpha value is -2.63. The third kappa shape index (κ3) is 3.24. The summed E-state index contributed by atoms with van der Waals surface area (Å²) in [5.41, 5.74) is 3.67. The molecule has 0 aliphatic carbocycles. The largest absolute Gasteiger partial charge is 0.339 e. The zero-order valence-corrected chi connectivity index (χ0v) is 16.1. The smallest absolute Gasteiger partial charge is 0.162 e. The molecule has 27 heavy (non-hydrogen) atoms. The van der Waals surface area contributed by atoms with E-state index < -0.39 is 0 Å².